The molecule has 0 aliphatic carbocycles. The van der Waals surface area contributed by atoms with Crippen LogP contribution in [0.5, 0.6) is 0 Å². The number of anilines is 1. The van der Waals surface area contributed by atoms with Crippen molar-refractivity contribution >= 4 is 40.0 Å². The summed E-state index contributed by atoms with van der Waals surface area (Å²) in [6, 6.07) is 1.25. The number of nitrogens with one attached hydrogen (secondary N) is 1. The molecule has 2 aromatic rings. The molecule has 0 aliphatic heterocycles. The van der Waals surface area contributed by atoms with E-state index in [0.717, 1.165) is 16.0 Å². The van der Waals surface area contributed by atoms with Gasteiger partial charge in [-0.3, -0.25) is 4.79 Å². The lowest BCUT2D eigenvalue weighted by Gasteiger charge is -2.07. The number of hydrogen-bond donors (Lipinski definition) is 1. The van der Waals surface area contributed by atoms with Crippen LogP contribution in [-0.4, -0.2) is 45.8 Å². The number of nitrogens with zero attached hydrogens (tertiary/aromatic N) is 3. The summed E-state index contributed by atoms with van der Waals surface area (Å²) in [5, 5.41) is 17.7. The van der Waals surface area contributed by atoms with Crippen molar-refractivity contribution in [1.82, 2.24) is 9.78 Å². The number of hydrogen-bond acceptors (Lipinski definition) is 9. The highest BCUT2D eigenvalue weighted by atomic mass is 32.1. The van der Waals surface area contributed by atoms with Gasteiger partial charge in [0, 0.05) is 0 Å². The average Bonchev–Trinajstić information content (AvgIpc) is 3.19. The predicted molar refractivity (Wildman–Crippen MR) is 108 cm³/mol. The van der Waals surface area contributed by atoms with Crippen LogP contribution >= 0.6 is 11.3 Å². The second kappa shape index (κ2) is 9.96. The van der Waals surface area contributed by atoms with Crippen LogP contribution in [0.2, 0.25) is 0 Å². The fourth-order valence-corrected chi connectivity index (χ4v) is 3.71. The zero-order chi connectivity index (χ0) is 22.4. The van der Waals surface area contributed by atoms with E-state index in [1.807, 2.05) is 6.92 Å². The van der Waals surface area contributed by atoms with Gasteiger partial charge in [0.2, 0.25) is 0 Å². The smallest absolute Gasteiger partial charge is 0.348 e. The van der Waals surface area contributed by atoms with E-state index in [2.05, 4.69) is 10.4 Å². The van der Waals surface area contributed by atoms with Gasteiger partial charge in [-0.2, -0.15) is 0 Å². The summed E-state index contributed by atoms with van der Waals surface area (Å²) in [6.07, 6.45) is 0.601. The molecule has 0 saturated carbocycles. The number of ether oxygens (including phenoxy) is 2. The topological polar surface area (TPSA) is 143 Å². The van der Waals surface area contributed by atoms with Crippen molar-refractivity contribution in [3.05, 3.63) is 37.9 Å². The van der Waals surface area contributed by atoms with Crippen LogP contribution < -0.4 is 5.32 Å². The summed E-state index contributed by atoms with van der Waals surface area (Å²) in [4.78, 5) is 47.8. The number of amides is 1. The van der Waals surface area contributed by atoms with Crippen molar-refractivity contribution in [2.75, 3.05) is 18.5 Å². The minimum absolute atomic E-state index is 0.0519. The quantitative estimate of drug-likeness (QED) is 0.358. The second-order valence-electron chi connectivity index (χ2n) is 6.22. The first-order valence-corrected chi connectivity index (χ1v) is 9.97. The Balaban J connectivity index is 2.33. The molecule has 0 fully saturated rings. The number of carbonyl (C=O) groups excluding carboxylic acids is 3. The monoisotopic (exact) mass is 438 g/mol. The SMILES string of the molecule is CCCOC(=O)c1c(NC(=O)Cn2nc(C)cc2[N+](=O)[O-])sc(C(=O)OCC)c1C. The van der Waals surface area contributed by atoms with E-state index < -0.39 is 29.3 Å². The van der Waals surface area contributed by atoms with Gasteiger partial charge in [0.25, 0.3) is 5.91 Å². The number of nitro groups is 1. The van der Waals surface area contributed by atoms with Crippen molar-refractivity contribution in [1.29, 1.82) is 0 Å². The summed E-state index contributed by atoms with van der Waals surface area (Å²) in [5.41, 5.74) is 0.765. The predicted octanol–water partition coefficient (Wildman–Crippen LogP) is 2.85. The molecule has 0 aliphatic rings. The molecule has 2 heterocycles. The number of esters is 2. The van der Waals surface area contributed by atoms with Gasteiger partial charge in [-0.1, -0.05) is 12.0 Å². The maximum absolute atomic E-state index is 12.5. The lowest BCUT2D eigenvalue weighted by molar-refractivity contribution is -0.392. The van der Waals surface area contributed by atoms with Gasteiger partial charge < -0.3 is 24.9 Å². The summed E-state index contributed by atoms with van der Waals surface area (Å²) in [7, 11) is 0. The second-order valence-corrected chi connectivity index (χ2v) is 7.24. The van der Waals surface area contributed by atoms with Gasteiger partial charge in [0.15, 0.2) is 6.54 Å². The largest absolute Gasteiger partial charge is 0.462 e. The maximum Gasteiger partial charge on any atom is 0.348 e. The highest BCUT2D eigenvalue weighted by Gasteiger charge is 2.28. The van der Waals surface area contributed by atoms with E-state index >= 15 is 0 Å². The lowest BCUT2D eigenvalue weighted by Crippen LogP contribution is -2.21. The number of carbonyl (C=O) groups is 3. The lowest BCUT2D eigenvalue weighted by atomic mass is 10.1. The molecule has 1 amide bonds. The van der Waals surface area contributed by atoms with Crippen LogP contribution in [-0.2, 0) is 20.8 Å². The van der Waals surface area contributed by atoms with Crippen molar-refractivity contribution in [3.8, 4) is 0 Å². The first kappa shape index (κ1) is 23.0. The van der Waals surface area contributed by atoms with Crippen LogP contribution in [0, 0.1) is 24.0 Å². The molecule has 162 valence electrons. The molecular weight excluding hydrogens is 416 g/mol. The van der Waals surface area contributed by atoms with E-state index in [1.54, 1.807) is 20.8 Å². The molecule has 1 N–H and O–H groups in total. The summed E-state index contributed by atoms with van der Waals surface area (Å²) in [5.74, 6) is -2.29. The third kappa shape index (κ3) is 5.20. The molecule has 30 heavy (non-hydrogen) atoms. The molecule has 0 saturated heterocycles. The third-order valence-corrected chi connectivity index (χ3v) is 5.05. The van der Waals surface area contributed by atoms with Crippen LogP contribution in [0.3, 0.4) is 0 Å². The Kier molecular flexibility index (Phi) is 7.64. The van der Waals surface area contributed by atoms with E-state index in [0.29, 0.717) is 17.7 Å². The molecular formula is C18H22N4O7S. The average molecular weight is 438 g/mol. The maximum atomic E-state index is 12.5. The summed E-state index contributed by atoms with van der Waals surface area (Å²) >= 11 is 0.880. The molecule has 0 unspecified atom stereocenters. The fourth-order valence-electron chi connectivity index (χ4n) is 2.60. The van der Waals surface area contributed by atoms with Gasteiger partial charge in [-0.15, -0.1) is 16.0 Å². The minimum atomic E-state index is -0.683. The first-order valence-electron chi connectivity index (χ1n) is 9.15. The Labute approximate surface area is 176 Å². The standard InChI is InChI=1S/C18H22N4O7S/c1-5-7-29-17(24)14-11(4)15(18(25)28-6-2)30-16(14)19-12(23)9-21-13(22(26)27)8-10(3)20-21/h8H,5-7,9H2,1-4H3,(H,19,23). The van der Waals surface area contributed by atoms with Gasteiger partial charge in [-0.25, -0.2) is 9.59 Å². The first-order chi connectivity index (χ1) is 14.2. The van der Waals surface area contributed by atoms with Crippen molar-refractivity contribution < 1.29 is 28.8 Å². The Morgan fingerprint density at radius 3 is 2.53 bits per heavy atom. The molecule has 0 bridgehead atoms. The zero-order valence-corrected chi connectivity index (χ0v) is 17.8. The number of rotatable bonds is 9. The van der Waals surface area contributed by atoms with Gasteiger partial charge in [0.1, 0.15) is 9.88 Å². The Hall–Kier alpha value is -3.28. The van der Waals surface area contributed by atoms with Gasteiger partial charge >= 0.3 is 17.8 Å². The van der Waals surface area contributed by atoms with Gasteiger partial charge in [0.05, 0.1) is 30.5 Å². The summed E-state index contributed by atoms with van der Waals surface area (Å²) < 4.78 is 11.1. The number of aromatic nitrogens is 2. The minimum Gasteiger partial charge on any atom is -0.462 e. The van der Waals surface area contributed by atoms with Crippen molar-refractivity contribution in [3.63, 3.8) is 0 Å². The van der Waals surface area contributed by atoms with Crippen molar-refractivity contribution in [2.24, 2.45) is 0 Å². The molecule has 0 radical (unpaired) electrons. The molecule has 2 aromatic heterocycles. The third-order valence-electron chi connectivity index (χ3n) is 3.86. The van der Waals surface area contributed by atoms with Gasteiger partial charge in [-0.05, 0) is 37.7 Å². The number of aryl methyl sites for hydroxylation is 1. The Morgan fingerprint density at radius 1 is 1.23 bits per heavy atom. The molecule has 2 rings (SSSR count). The van der Waals surface area contributed by atoms with Crippen LogP contribution in [0.25, 0.3) is 0 Å². The van der Waals surface area contributed by atoms with E-state index in [4.69, 9.17) is 9.47 Å². The molecule has 0 atom stereocenters. The molecule has 0 aromatic carbocycles. The number of thiophene rings is 1. The molecule has 11 nitrogen and oxygen atoms in total. The van der Waals surface area contributed by atoms with Crippen LogP contribution in [0.4, 0.5) is 10.8 Å². The highest BCUT2D eigenvalue weighted by molar-refractivity contribution is 7.18. The van der Waals surface area contributed by atoms with Crippen molar-refractivity contribution in [2.45, 2.75) is 40.7 Å². The highest BCUT2D eigenvalue weighted by Crippen LogP contribution is 2.34. The molecule has 0 spiro atoms. The molecule has 12 heteroatoms. The zero-order valence-electron chi connectivity index (χ0n) is 17.0. The van der Waals surface area contributed by atoms with E-state index in [9.17, 15) is 24.5 Å². The van der Waals surface area contributed by atoms with Crippen LogP contribution in [0.15, 0.2) is 6.07 Å². The Bertz CT molecular complexity index is 980. The van der Waals surface area contributed by atoms with Crippen LogP contribution in [0.1, 0.15) is 51.6 Å². The normalized spacial score (nSPS) is 10.5. The summed E-state index contributed by atoms with van der Waals surface area (Å²) in [6.45, 7) is 6.49. The van der Waals surface area contributed by atoms with E-state index in [-0.39, 0.29) is 34.5 Å². The Morgan fingerprint density at radius 2 is 1.93 bits per heavy atom. The van der Waals surface area contributed by atoms with E-state index in [1.165, 1.54) is 6.07 Å². The fraction of sp³-hybridized carbons (Fsp3) is 0.444.